The first-order valence-corrected chi connectivity index (χ1v) is 11.5. The number of halogens is 2. The predicted molar refractivity (Wildman–Crippen MR) is 135 cm³/mol. The highest BCUT2D eigenvalue weighted by Gasteiger charge is 2.26. The van der Waals surface area contributed by atoms with Crippen molar-refractivity contribution in [1.29, 1.82) is 0 Å². The molecule has 0 aromatic heterocycles. The molecule has 0 radical (unpaired) electrons. The molecule has 0 spiro atoms. The summed E-state index contributed by atoms with van der Waals surface area (Å²) >= 11 is 7.18. The summed E-state index contributed by atoms with van der Waals surface area (Å²) in [6.07, 6.45) is 0. The monoisotopic (exact) mass is 510 g/mol. The van der Waals surface area contributed by atoms with E-state index < -0.39 is 0 Å². The third-order valence-corrected chi connectivity index (χ3v) is 7.00. The van der Waals surface area contributed by atoms with Gasteiger partial charge in [0.15, 0.2) is 0 Å². The highest BCUT2D eigenvalue weighted by atomic mass is 79.9. The Labute approximate surface area is 192 Å². The quantitative estimate of drug-likeness (QED) is 0.217. The van der Waals surface area contributed by atoms with Crippen LogP contribution in [0.1, 0.15) is 0 Å². The summed E-state index contributed by atoms with van der Waals surface area (Å²) in [6, 6.07) is 35.1. The summed E-state index contributed by atoms with van der Waals surface area (Å²) in [7, 11) is 0. The van der Waals surface area contributed by atoms with Crippen LogP contribution in [0.25, 0.3) is 55.3 Å². The van der Waals surface area contributed by atoms with Crippen LogP contribution in [0.3, 0.4) is 0 Å². The van der Waals surface area contributed by atoms with Crippen LogP contribution in [-0.4, -0.2) is 0 Å². The molecule has 142 valence electrons. The van der Waals surface area contributed by atoms with Gasteiger partial charge in [-0.25, -0.2) is 0 Å². The standard InChI is InChI=1S/C28H16Br2/c29-20-12-8-17(9-13-20)25-16-19-4-3-7-23-22-5-1-2-6-24(22)28(27(19)23)26(25)18-10-14-21(30)15-11-18/h1-16H. The molecule has 0 fully saturated rings. The van der Waals surface area contributed by atoms with Crippen LogP contribution in [0, 0.1) is 0 Å². The molecule has 30 heavy (non-hydrogen) atoms. The summed E-state index contributed by atoms with van der Waals surface area (Å²) in [5, 5.41) is 2.65. The average Bonchev–Trinajstić information content (AvgIpc) is 3.11. The van der Waals surface area contributed by atoms with Crippen LogP contribution < -0.4 is 0 Å². The van der Waals surface area contributed by atoms with Gasteiger partial charge in [0, 0.05) is 8.95 Å². The van der Waals surface area contributed by atoms with E-state index >= 15 is 0 Å². The topological polar surface area (TPSA) is 0 Å². The normalized spacial score (nSPS) is 11.7. The highest BCUT2D eigenvalue weighted by Crippen LogP contribution is 2.53. The van der Waals surface area contributed by atoms with Crippen molar-refractivity contribution >= 4 is 42.6 Å². The van der Waals surface area contributed by atoms with Crippen molar-refractivity contribution < 1.29 is 0 Å². The van der Waals surface area contributed by atoms with E-state index in [2.05, 4.69) is 129 Å². The fraction of sp³-hybridized carbons (Fsp3) is 0. The summed E-state index contributed by atoms with van der Waals surface area (Å²) in [6.45, 7) is 0. The van der Waals surface area contributed by atoms with E-state index in [1.54, 1.807) is 0 Å². The van der Waals surface area contributed by atoms with E-state index in [1.807, 2.05) is 0 Å². The lowest BCUT2D eigenvalue weighted by Crippen LogP contribution is -1.91. The molecule has 0 heterocycles. The van der Waals surface area contributed by atoms with E-state index in [4.69, 9.17) is 0 Å². The lowest BCUT2D eigenvalue weighted by Gasteiger charge is -2.17. The fourth-order valence-electron chi connectivity index (χ4n) is 4.66. The Kier molecular flexibility index (Phi) is 4.19. The van der Waals surface area contributed by atoms with Gasteiger partial charge in [-0.15, -0.1) is 0 Å². The molecule has 0 aliphatic heterocycles. The third-order valence-electron chi connectivity index (χ3n) is 5.94. The summed E-state index contributed by atoms with van der Waals surface area (Å²) in [5.41, 5.74) is 10.3. The third kappa shape index (κ3) is 2.71. The maximum atomic E-state index is 3.60. The second-order valence-corrected chi connectivity index (χ2v) is 9.47. The summed E-state index contributed by atoms with van der Waals surface area (Å²) in [4.78, 5) is 0. The predicted octanol–water partition coefficient (Wildman–Crippen LogP) is 9.35. The number of fused-ring (bicyclic) bond motifs is 3. The van der Waals surface area contributed by atoms with Gasteiger partial charge >= 0.3 is 0 Å². The smallest absolute Gasteiger partial charge is 0.0175 e. The van der Waals surface area contributed by atoms with Gasteiger partial charge in [-0.3, -0.25) is 0 Å². The Morgan fingerprint density at radius 1 is 0.433 bits per heavy atom. The molecule has 5 aromatic rings. The van der Waals surface area contributed by atoms with Crippen molar-refractivity contribution in [1.82, 2.24) is 0 Å². The molecule has 0 saturated carbocycles. The lowest BCUT2D eigenvalue weighted by molar-refractivity contribution is 1.58. The van der Waals surface area contributed by atoms with Crippen molar-refractivity contribution in [3.8, 4) is 44.5 Å². The zero-order chi connectivity index (χ0) is 20.2. The van der Waals surface area contributed by atoms with Crippen LogP contribution in [0.2, 0.25) is 0 Å². The molecular formula is C28H16Br2. The SMILES string of the molecule is Brc1ccc(-c2cc3cccc4c3c(c2-c2ccc(Br)cc2)-c2ccccc2-4)cc1. The Balaban J connectivity index is 1.80. The number of rotatable bonds is 2. The van der Waals surface area contributed by atoms with Gasteiger partial charge in [0.05, 0.1) is 0 Å². The minimum absolute atomic E-state index is 1.09. The fourth-order valence-corrected chi connectivity index (χ4v) is 5.19. The molecule has 0 atom stereocenters. The number of hydrogen-bond donors (Lipinski definition) is 0. The maximum Gasteiger partial charge on any atom is 0.0175 e. The van der Waals surface area contributed by atoms with Crippen molar-refractivity contribution in [3.05, 3.63) is 106 Å². The van der Waals surface area contributed by atoms with Crippen LogP contribution in [0.4, 0.5) is 0 Å². The summed E-state index contributed by atoms with van der Waals surface area (Å²) in [5.74, 6) is 0. The van der Waals surface area contributed by atoms with Crippen LogP contribution in [0.15, 0.2) is 106 Å². The molecule has 0 unspecified atom stereocenters. The van der Waals surface area contributed by atoms with Crippen molar-refractivity contribution in [2.24, 2.45) is 0 Å². The zero-order valence-corrected chi connectivity index (χ0v) is 19.2. The maximum absolute atomic E-state index is 3.60. The molecule has 5 aromatic carbocycles. The molecule has 0 amide bonds. The zero-order valence-electron chi connectivity index (χ0n) is 16.0. The molecule has 0 saturated heterocycles. The molecule has 6 rings (SSSR count). The summed E-state index contributed by atoms with van der Waals surface area (Å²) < 4.78 is 2.18. The number of benzene rings is 5. The second kappa shape index (κ2) is 6.94. The first-order valence-electron chi connectivity index (χ1n) is 9.92. The minimum atomic E-state index is 1.09. The van der Waals surface area contributed by atoms with Crippen molar-refractivity contribution in [2.75, 3.05) is 0 Å². The van der Waals surface area contributed by atoms with E-state index in [0.29, 0.717) is 0 Å². The Hall–Kier alpha value is -2.68. The van der Waals surface area contributed by atoms with E-state index in [9.17, 15) is 0 Å². The van der Waals surface area contributed by atoms with Gasteiger partial charge < -0.3 is 0 Å². The Morgan fingerprint density at radius 2 is 1.03 bits per heavy atom. The average molecular weight is 512 g/mol. The molecule has 1 aliphatic carbocycles. The van der Waals surface area contributed by atoms with Gasteiger partial charge in [0.1, 0.15) is 0 Å². The van der Waals surface area contributed by atoms with E-state index in [-0.39, 0.29) is 0 Å². The molecular weight excluding hydrogens is 496 g/mol. The van der Waals surface area contributed by atoms with Gasteiger partial charge in [0.25, 0.3) is 0 Å². The van der Waals surface area contributed by atoms with Crippen LogP contribution in [0.5, 0.6) is 0 Å². The Morgan fingerprint density at radius 3 is 1.73 bits per heavy atom. The van der Waals surface area contributed by atoms with Crippen LogP contribution in [-0.2, 0) is 0 Å². The van der Waals surface area contributed by atoms with Gasteiger partial charge in [-0.05, 0) is 85.6 Å². The molecule has 0 bridgehead atoms. The molecule has 1 aliphatic rings. The first kappa shape index (κ1) is 18.1. The molecule has 0 N–H and O–H groups in total. The molecule has 0 nitrogen and oxygen atoms in total. The van der Waals surface area contributed by atoms with Crippen LogP contribution >= 0.6 is 31.9 Å². The first-order chi connectivity index (χ1) is 14.7. The number of hydrogen-bond acceptors (Lipinski definition) is 0. The highest BCUT2D eigenvalue weighted by molar-refractivity contribution is 9.10. The Bertz CT molecular complexity index is 1430. The largest absolute Gasteiger partial charge is 0.0616 e. The van der Waals surface area contributed by atoms with Gasteiger partial charge in [0.2, 0.25) is 0 Å². The molecule has 2 heteroatoms. The van der Waals surface area contributed by atoms with Crippen molar-refractivity contribution in [3.63, 3.8) is 0 Å². The lowest BCUT2D eigenvalue weighted by atomic mass is 9.86. The van der Waals surface area contributed by atoms with Gasteiger partial charge in [-0.2, -0.15) is 0 Å². The van der Waals surface area contributed by atoms with E-state index in [0.717, 1.165) is 8.95 Å². The van der Waals surface area contributed by atoms with E-state index in [1.165, 1.54) is 55.3 Å². The second-order valence-electron chi connectivity index (χ2n) is 7.64. The van der Waals surface area contributed by atoms with Gasteiger partial charge in [-0.1, -0.05) is 98.6 Å². The van der Waals surface area contributed by atoms with Crippen molar-refractivity contribution in [2.45, 2.75) is 0 Å². The minimum Gasteiger partial charge on any atom is -0.0616 e.